The molecule has 0 saturated carbocycles. The number of hydrogen-bond acceptors (Lipinski definition) is 3. The minimum Gasteiger partial charge on any atom is -0.275 e. The average Bonchev–Trinajstić information content (AvgIpc) is 2.88. The van der Waals surface area contributed by atoms with E-state index in [0.717, 1.165) is 5.56 Å². The van der Waals surface area contributed by atoms with Crippen LogP contribution < -0.4 is 0 Å². The third-order valence-electron chi connectivity index (χ3n) is 2.01. The molecule has 16 heavy (non-hydrogen) atoms. The van der Waals surface area contributed by atoms with Gasteiger partial charge in [0.1, 0.15) is 0 Å². The summed E-state index contributed by atoms with van der Waals surface area (Å²) in [5.74, 6) is 0.505. The van der Waals surface area contributed by atoms with E-state index in [0.29, 0.717) is 5.92 Å². The second-order valence-corrected chi connectivity index (χ2v) is 4.68. The maximum atomic E-state index is 4.38. The van der Waals surface area contributed by atoms with Crippen molar-refractivity contribution in [3.05, 3.63) is 23.6 Å². The van der Waals surface area contributed by atoms with Gasteiger partial charge in [-0.05, 0) is 0 Å². The van der Waals surface area contributed by atoms with Crippen LogP contribution in [0.4, 0.5) is 0 Å². The molecule has 0 aliphatic carbocycles. The minimum absolute atomic E-state index is 0.505. The summed E-state index contributed by atoms with van der Waals surface area (Å²) in [6.07, 6.45) is 5.81. The fraction of sp³-hybridized carbons (Fsp3) is 0.500. The molecule has 0 bridgehead atoms. The van der Waals surface area contributed by atoms with Crippen LogP contribution in [-0.2, 0) is 7.05 Å². The summed E-state index contributed by atoms with van der Waals surface area (Å²) in [5, 5.41) is 5.33. The summed E-state index contributed by atoms with van der Waals surface area (Å²) in [7, 11) is 1.92. The maximum Gasteiger partial charge on any atom is 0.0956 e. The Labute approximate surface area is 101 Å². The van der Waals surface area contributed by atoms with E-state index in [1.54, 1.807) is 11.3 Å². The smallest absolute Gasteiger partial charge is 0.0956 e. The molecule has 0 N–H and O–H groups in total. The van der Waals surface area contributed by atoms with Crippen molar-refractivity contribution in [2.75, 3.05) is 0 Å². The molecule has 0 fully saturated rings. The van der Waals surface area contributed by atoms with Crippen molar-refractivity contribution in [2.24, 2.45) is 7.05 Å². The van der Waals surface area contributed by atoms with Crippen molar-refractivity contribution in [3.63, 3.8) is 0 Å². The van der Waals surface area contributed by atoms with E-state index in [-0.39, 0.29) is 0 Å². The zero-order chi connectivity index (χ0) is 12.1. The van der Waals surface area contributed by atoms with Gasteiger partial charge in [0, 0.05) is 30.9 Å². The monoisotopic (exact) mass is 237 g/mol. The van der Waals surface area contributed by atoms with Gasteiger partial charge in [0.2, 0.25) is 0 Å². The van der Waals surface area contributed by atoms with Crippen LogP contribution in [0.3, 0.4) is 0 Å². The summed E-state index contributed by atoms with van der Waals surface area (Å²) in [6.45, 7) is 8.32. The Hall–Kier alpha value is -1.16. The van der Waals surface area contributed by atoms with E-state index in [4.69, 9.17) is 0 Å². The van der Waals surface area contributed by atoms with E-state index in [2.05, 4.69) is 23.9 Å². The molecule has 2 aromatic heterocycles. The first kappa shape index (κ1) is 12.9. The molecule has 0 aliphatic heterocycles. The standard InChI is InChI=1S/C10H13N3S.C2H6/c1-7(2)10-11-5-9(14-10)8-4-12-13(3)6-8;1-2/h4-7H,1-3H3;1-2H3. The van der Waals surface area contributed by atoms with Crippen molar-refractivity contribution < 1.29 is 0 Å². The lowest BCUT2D eigenvalue weighted by molar-refractivity contribution is 0.768. The summed E-state index contributed by atoms with van der Waals surface area (Å²) < 4.78 is 1.81. The Morgan fingerprint density at radius 3 is 2.38 bits per heavy atom. The fourth-order valence-electron chi connectivity index (χ4n) is 1.24. The molecule has 0 radical (unpaired) electrons. The SMILES string of the molecule is CC.CC(C)c1ncc(-c2cnn(C)c2)s1. The number of rotatable bonds is 2. The lowest BCUT2D eigenvalue weighted by Crippen LogP contribution is -1.83. The van der Waals surface area contributed by atoms with Crippen molar-refractivity contribution >= 4 is 11.3 Å². The first-order valence-corrected chi connectivity index (χ1v) is 6.43. The lowest BCUT2D eigenvalue weighted by atomic mass is 10.2. The van der Waals surface area contributed by atoms with Crippen LogP contribution in [0.2, 0.25) is 0 Å². The zero-order valence-corrected chi connectivity index (χ0v) is 11.4. The van der Waals surface area contributed by atoms with Crippen LogP contribution in [0.15, 0.2) is 18.6 Å². The Morgan fingerprint density at radius 2 is 1.94 bits per heavy atom. The zero-order valence-electron chi connectivity index (χ0n) is 10.6. The molecule has 3 nitrogen and oxygen atoms in total. The first-order valence-electron chi connectivity index (χ1n) is 5.61. The van der Waals surface area contributed by atoms with Crippen molar-refractivity contribution in [1.82, 2.24) is 14.8 Å². The fourth-order valence-corrected chi connectivity index (χ4v) is 2.13. The van der Waals surface area contributed by atoms with E-state index >= 15 is 0 Å². The van der Waals surface area contributed by atoms with Crippen LogP contribution in [-0.4, -0.2) is 14.8 Å². The van der Waals surface area contributed by atoms with Gasteiger partial charge < -0.3 is 0 Å². The van der Waals surface area contributed by atoms with E-state index in [1.807, 2.05) is 44.2 Å². The Kier molecular flexibility index (Phi) is 4.68. The lowest BCUT2D eigenvalue weighted by Gasteiger charge is -1.95. The number of aryl methyl sites for hydroxylation is 1. The third kappa shape index (κ3) is 2.92. The Morgan fingerprint density at radius 1 is 1.25 bits per heavy atom. The van der Waals surface area contributed by atoms with E-state index in [9.17, 15) is 0 Å². The number of nitrogens with zero attached hydrogens (tertiary/aromatic N) is 3. The minimum atomic E-state index is 0.505. The van der Waals surface area contributed by atoms with Crippen LogP contribution in [0, 0.1) is 0 Å². The van der Waals surface area contributed by atoms with Gasteiger partial charge in [-0.3, -0.25) is 4.68 Å². The van der Waals surface area contributed by atoms with Gasteiger partial charge in [-0.1, -0.05) is 27.7 Å². The average molecular weight is 237 g/mol. The highest BCUT2D eigenvalue weighted by molar-refractivity contribution is 7.15. The van der Waals surface area contributed by atoms with Crippen LogP contribution in [0.1, 0.15) is 38.6 Å². The van der Waals surface area contributed by atoms with Gasteiger partial charge in [-0.25, -0.2) is 4.98 Å². The molecular weight excluding hydrogens is 218 g/mol. The molecule has 0 spiro atoms. The van der Waals surface area contributed by atoms with E-state index < -0.39 is 0 Å². The molecule has 0 saturated heterocycles. The molecule has 2 heterocycles. The summed E-state index contributed by atoms with van der Waals surface area (Å²) in [5.41, 5.74) is 1.15. The van der Waals surface area contributed by atoms with E-state index in [1.165, 1.54) is 9.88 Å². The van der Waals surface area contributed by atoms with Gasteiger partial charge in [0.25, 0.3) is 0 Å². The number of thiazole rings is 1. The summed E-state index contributed by atoms with van der Waals surface area (Å²) in [4.78, 5) is 5.58. The normalized spacial score (nSPS) is 10.1. The Balaban J connectivity index is 0.000000606. The Bertz CT molecular complexity index is 429. The molecule has 0 amide bonds. The van der Waals surface area contributed by atoms with Gasteiger partial charge in [0.05, 0.1) is 16.1 Å². The van der Waals surface area contributed by atoms with Crippen molar-refractivity contribution in [1.29, 1.82) is 0 Å². The first-order chi connectivity index (χ1) is 7.66. The predicted molar refractivity (Wildman–Crippen MR) is 69.8 cm³/mol. The van der Waals surface area contributed by atoms with Gasteiger partial charge >= 0.3 is 0 Å². The molecule has 2 aromatic rings. The molecular formula is C12H19N3S. The van der Waals surface area contributed by atoms with Gasteiger partial charge in [-0.2, -0.15) is 5.10 Å². The highest BCUT2D eigenvalue weighted by atomic mass is 32.1. The molecule has 0 aromatic carbocycles. The molecule has 88 valence electrons. The number of aromatic nitrogens is 3. The maximum absolute atomic E-state index is 4.38. The molecule has 2 rings (SSSR count). The highest BCUT2D eigenvalue weighted by Gasteiger charge is 2.08. The largest absolute Gasteiger partial charge is 0.275 e. The predicted octanol–water partition coefficient (Wildman–Crippen LogP) is 3.69. The van der Waals surface area contributed by atoms with Crippen LogP contribution >= 0.6 is 11.3 Å². The van der Waals surface area contributed by atoms with Crippen LogP contribution in [0.5, 0.6) is 0 Å². The molecule has 0 aliphatic rings. The number of hydrogen-bond donors (Lipinski definition) is 0. The molecule has 0 atom stereocenters. The second kappa shape index (κ2) is 5.80. The van der Waals surface area contributed by atoms with Crippen molar-refractivity contribution in [3.8, 4) is 10.4 Å². The summed E-state index contributed by atoms with van der Waals surface area (Å²) in [6, 6.07) is 0. The summed E-state index contributed by atoms with van der Waals surface area (Å²) >= 11 is 1.74. The molecule has 0 unspecified atom stereocenters. The quantitative estimate of drug-likeness (QED) is 0.797. The van der Waals surface area contributed by atoms with Crippen molar-refractivity contribution in [2.45, 2.75) is 33.6 Å². The third-order valence-corrected chi connectivity index (χ3v) is 3.35. The van der Waals surface area contributed by atoms with Gasteiger partial charge in [0.15, 0.2) is 0 Å². The van der Waals surface area contributed by atoms with Crippen LogP contribution in [0.25, 0.3) is 10.4 Å². The highest BCUT2D eigenvalue weighted by Crippen LogP contribution is 2.28. The molecule has 4 heteroatoms. The van der Waals surface area contributed by atoms with Gasteiger partial charge in [-0.15, -0.1) is 11.3 Å². The topological polar surface area (TPSA) is 30.7 Å². The second-order valence-electron chi connectivity index (χ2n) is 3.62.